The number of hydrogen-bond donors (Lipinski definition) is 2. The molecule has 1 rings (SSSR count). The Labute approximate surface area is 58.7 Å². The fourth-order valence-corrected chi connectivity index (χ4v) is 0.711. The zero-order chi connectivity index (χ0) is 6.69. The van der Waals surface area contributed by atoms with Gasteiger partial charge in [0.05, 0.1) is 6.54 Å². The van der Waals surface area contributed by atoms with E-state index in [4.69, 9.17) is 5.73 Å². The van der Waals surface area contributed by atoms with E-state index in [1.54, 1.807) is 5.12 Å². The second-order valence-electron chi connectivity index (χ2n) is 1.69. The summed E-state index contributed by atoms with van der Waals surface area (Å²) in [5.74, 6) is 0. The minimum atomic E-state index is 0.258. The Balaban J connectivity index is 2.28. The fourth-order valence-electron chi connectivity index (χ4n) is 0.606. The maximum atomic E-state index is 5.18. The van der Waals surface area contributed by atoms with Gasteiger partial charge in [0, 0.05) is 12.6 Å². The van der Waals surface area contributed by atoms with Crippen LogP contribution in [0.3, 0.4) is 0 Å². The predicted octanol–water partition coefficient (Wildman–Crippen LogP) is -0.574. The molecule has 0 fully saturated rings. The molecule has 0 aromatic carbocycles. The highest BCUT2D eigenvalue weighted by Crippen LogP contribution is 1.93. The van der Waals surface area contributed by atoms with Crippen molar-refractivity contribution >= 4 is 23.5 Å². The summed E-state index contributed by atoms with van der Waals surface area (Å²) in [5, 5.41) is 5.78. The van der Waals surface area contributed by atoms with Gasteiger partial charge in [-0.2, -0.15) is 5.10 Å². The molecule has 1 heterocycles. The molecule has 0 radical (unpaired) electrons. The lowest BCUT2D eigenvalue weighted by atomic mass is 10.5. The summed E-state index contributed by atoms with van der Waals surface area (Å²) in [4.78, 5) is 0. The van der Waals surface area contributed by atoms with Crippen LogP contribution in [0, 0.1) is 0 Å². The lowest BCUT2D eigenvalue weighted by molar-refractivity contribution is 0.276. The van der Waals surface area contributed by atoms with Gasteiger partial charge in [-0.15, -0.1) is 0 Å². The van der Waals surface area contributed by atoms with Crippen molar-refractivity contribution in [2.24, 2.45) is 10.8 Å². The first-order valence-electron chi connectivity index (χ1n) is 2.65. The Kier molecular flexibility index (Phi) is 1.84. The molecule has 5 heteroatoms. The van der Waals surface area contributed by atoms with Crippen LogP contribution < -0.4 is 11.2 Å². The van der Waals surface area contributed by atoms with Crippen molar-refractivity contribution in [1.82, 2.24) is 10.5 Å². The van der Waals surface area contributed by atoms with E-state index in [1.807, 2.05) is 6.21 Å². The summed E-state index contributed by atoms with van der Waals surface area (Å²) in [7, 11) is 0. The summed E-state index contributed by atoms with van der Waals surface area (Å²) < 4.78 is 0. The van der Waals surface area contributed by atoms with Crippen LogP contribution in [0.2, 0.25) is 0 Å². The Morgan fingerprint density at radius 1 is 1.89 bits per heavy atom. The Bertz CT molecular complexity index is 144. The Hall–Kier alpha value is -0.840. The number of hydrazine groups is 1. The topological polar surface area (TPSA) is 53.6 Å². The summed E-state index contributed by atoms with van der Waals surface area (Å²) in [5.41, 5.74) is 7.86. The van der Waals surface area contributed by atoms with Crippen molar-refractivity contribution in [3.05, 3.63) is 0 Å². The molecule has 0 atom stereocenters. The SMILES string of the molecule is NC(=S)NN1CCC=N1. The normalized spacial score (nSPS) is 16.2. The van der Waals surface area contributed by atoms with E-state index in [2.05, 4.69) is 22.7 Å². The molecule has 0 spiro atoms. The Morgan fingerprint density at radius 3 is 3.11 bits per heavy atom. The number of hydrazone groups is 1. The van der Waals surface area contributed by atoms with Gasteiger partial charge in [0.15, 0.2) is 5.11 Å². The second-order valence-corrected chi connectivity index (χ2v) is 2.13. The minimum absolute atomic E-state index is 0.258. The van der Waals surface area contributed by atoms with Gasteiger partial charge in [0.1, 0.15) is 0 Å². The summed E-state index contributed by atoms with van der Waals surface area (Å²) in [6.07, 6.45) is 2.76. The van der Waals surface area contributed by atoms with Gasteiger partial charge in [-0.25, -0.2) is 5.12 Å². The molecule has 50 valence electrons. The van der Waals surface area contributed by atoms with Gasteiger partial charge < -0.3 is 5.73 Å². The number of hydrogen-bond acceptors (Lipinski definition) is 3. The number of nitrogens with zero attached hydrogens (tertiary/aromatic N) is 2. The molecule has 0 aromatic heterocycles. The third-order valence-electron chi connectivity index (χ3n) is 0.930. The van der Waals surface area contributed by atoms with Crippen LogP contribution in [0.4, 0.5) is 0 Å². The number of thiocarbonyl (C=S) groups is 1. The zero-order valence-corrected chi connectivity index (χ0v) is 5.69. The molecule has 1 aliphatic heterocycles. The smallest absolute Gasteiger partial charge is 0.183 e. The first-order valence-corrected chi connectivity index (χ1v) is 3.06. The second kappa shape index (κ2) is 2.63. The van der Waals surface area contributed by atoms with E-state index in [0.29, 0.717) is 0 Å². The van der Waals surface area contributed by atoms with E-state index in [1.165, 1.54) is 0 Å². The van der Waals surface area contributed by atoms with E-state index < -0.39 is 0 Å². The maximum absolute atomic E-state index is 5.18. The molecule has 0 aliphatic carbocycles. The van der Waals surface area contributed by atoms with Crippen LogP contribution in [0.5, 0.6) is 0 Å². The van der Waals surface area contributed by atoms with E-state index in [-0.39, 0.29) is 5.11 Å². The van der Waals surface area contributed by atoms with E-state index in [9.17, 15) is 0 Å². The quantitative estimate of drug-likeness (QED) is 0.484. The van der Waals surface area contributed by atoms with Gasteiger partial charge in [0.2, 0.25) is 0 Å². The molecule has 4 nitrogen and oxygen atoms in total. The van der Waals surface area contributed by atoms with Crippen LogP contribution in [0.15, 0.2) is 5.10 Å². The summed E-state index contributed by atoms with van der Waals surface area (Å²) >= 11 is 4.58. The van der Waals surface area contributed by atoms with Crippen molar-refractivity contribution < 1.29 is 0 Å². The van der Waals surface area contributed by atoms with Gasteiger partial charge in [-0.1, -0.05) is 0 Å². The minimum Gasteiger partial charge on any atom is -0.375 e. The maximum Gasteiger partial charge on any atom is 0.183 e. The highest BCUT2D eigenvalue weighted by Gasteiger charge is 2.03. The monoisotopic (exact) mass is 144 g/mol. The lowest BCUT2D eigenvalue weighted by Crippen LogP contribution is -2.40. The molecule has 9 heavy (non-hydrogen) atoms. The standard InChI is InChI=1S/C4H8N4S/c5-4(9)7-8-3-1-2-6-8/h2H,1,3H2,(H3,5,7,9). The van der Waals surface area contributed by atoms with Crippen LogP contribution >= 0.6 is 12.2 Å². The van der Waals surface area contributed by atoms with Crippen LogP contribution in [0.25, 0.3) is 0 Å². The molecule has 0 bridgehead atoms. The molecule has 0 amide bonds. The predicted molar refractivity (Wildman–Crippen MR) is 39.7 cm³/mol. The fraction of sp³-hybridized carbons (Fsp3) is 0.500. The average Bonchev–Trinajstić information content (AvgIpc) is 2.15. The van der Waals surface area contributed by atoms with E-state index >= 15 is 0 Å². The number of nitrogens with one attached hydrogen (secondary N) is 1. The number of rotatable bonds is 1. The van der Waals surface area contributed by atoms with Crippen molar-refractivity contribution in [2.45, 2.75) is 6.42 Å². The van der Waals surface area contributed by atoms with Gasteiger partial charge in [-0.3, -0.25) is 5.43 Å². The third-order valence-corrected chi connectivity index (χ3v) is 1.02. The van der Waals surface area contributed by atoms with Gasteiger partial charge in [0.25, 0.3) is 0 Å². The molecule has 0 unspecified atom stereocenters. The Morgan fingerprint density at radius 2 is 2.67 bits per heavy atom. The molecule has 3 N–H and O–H groups in total. The van der Waals surface area contributed by atoms with Crippen LogP contribution in [-0.4, -0.2) is 23.0 Å². The summed E-state index contributed by atoms with van der Waals surface area (Å²) in [6.45, 7) is 0.845. The zero-order valence-electron chi connectivity index (χ0n) is 4.87. The van der Waals surface area contributed by atoms with Gasteiger partial charge >= 0.3 is 0 Å². The highest BCUT2D eigenvalue weighted by molar-refractivity contribution is 7.80. The van der Waals surface area contributed by atoms with Gasteiger partial charge in [-0.05, 0) is 12.2 Å². The van der Waals surface area contributed by atoms with Crippen LogP contribution in [0.1, 0.15) is 6.42 Å². The van der Waals surface area contributed by atoms with Crippen molar-refractivity contribution in [2.75, 3.05) is 6.54 Å². The molecule has 0 saturated carbocycles. The molecule has 0 saturated heterocycles. The first-order chi connectivity index (χ1) is 4.29. The summed E-state index contributed by atoms with van der Waals surface area (Å²) in [6, 6.07) is 0. The van der Waals surface area contributed by atoms with Crippen molar-refractivity contribution in [3.8, 4) is 0 Å². The first kappa shape index (κ1) is 6.28. The van der Waals surface area contributed by atoms with Crippen molar-refractivity contribution in [1.29, 1.82) is 0 Å². The van der Waals surface area contributed by atoms with E-state index in [0.717, 1.165) is 13.0 Å². The molecular weight excluding hydrogens is 136 g/mol. The largest absolute Gasteiger partial charge is 0.375 e. The molecule has 0 aromatic rings. The van der Waals surface area contributed by atoms with Crippen LogP contribution in [-0.2, 0) is 0 Å². The number of nitrogens with two attached hydrogens (primary N) is 1. The molecular formula is C4H8N4S. The molecule has 1 aliphatic rings. The highest BCUT2D eigenvalue weighted by atomic mass is 32.1. The third kappa shape index (κ3) is 1.85. The lowest BCUT2D eigenvalue weighted by Gasteiger charge is -2.13. The van der Waals surface area contributed by atoms with Crippen molar-refractivity contribution in [3.63, 3.8) is 0 Å². The average molecular weight is 144 g/mol.